The lowest BCUT2D eigenvalue weighted by molar-refractivity contribution is -0.126. The number of carbonyl (C=O) groups excluding carboxylic acids is 1. The van der Waals surface area contributed by atoms with E-state index < -0.39 is 26.0 Å². The SMILES string of the molecule is Cc1cc(C)c(S(=O)(=O)N2CCC[C@H](C(=O)NCc3ccc(S(N)(=O)=O)cc3)C2)c(C)c1. The molecule has 0 saturated carbocycles. The van der Waals surface area contributed by atoms with Crippen LogP contribution in [0.4, 0.5) is 0 Å². The Labute approximate surface area is 189 Å². The highest BCUT2D eigenvalue weighted by Gasteiger charge is 2.34. The van der Waals surface area contributed by atoms with Gasteiger partial charge >= 0.3 is 0 Å². The molecule has 1 saturated heterocycles. The topological polar surface area (TPSA) is 127 Å². The van der Waals surface area contributed by atoms with Gasteiger partial charge in [-0.3, -0.25) is 4.79 Å². The maximum atomic E-state index is 13.3. The zero-order valence-corrected chi connectivity index (χ0v) is 20.1. The standard InChI is InChI=1S/C22H29N3O5S2/c1-15-11-16(2)21(17(3)12-15)32(29,30)25-10-4-5-19(14-25)22(26)24-13-18-6-8-20(9-7-18)31(23,27)28/h6-9,11-12,19H,4-5,10,13-14H2,1-3H3,(H,24,26)(H2,23,27,28)/t19-/m0/s1. The first-order valence-electron chi connectivity index (χ1n) is 10.4. The predicted molar refractivity (Wildman–Crippen MR) is 122 cm³/mol. The second-order valence-electron chi connectivity index (χ2n) is 8.34. The Bertz CT molecular complexity index is 1200. The largest absolute Gasteiger partial charge is 0.352 e. The maximum absolute atomic E-state index is 13.3. The van der Waals surface area contributed by atoms with Crippen LogP contribution in [0.2, 0.25) is 0 Å². The Morgan fingerprint density at radius 3 is 2.22 bits per heavy atom. The van der Waals surface area contributed by atoms with E-state index in [-0.39, 0.29) is 23.9 Å². The van der Waals surface area contributed by atoms with Gasteiger partial charge in [-0.2, -0.15) is 4.31 Å². The number of nitrogens with one attached hydrogen (secondary N) is 1. The molecule has 0 spiro atoms. The van der Waals surface area contributed by atoms with E-state index in [4.69, 9.17) is 5.14 Å². The summed E-state index contributed by atoms with van der Waals surface area (Å²) in [5.41, 5.74) is 3.14. The lowest BCUT2D eigenvalue weighted by Gasteiger charge is -2.32. The average Bonchev–Trinajstić information content (AvgIpc) is 2.70. The monoisotopic (exact) mass is 479 g/mol. The molecule has 0 unspecified atom stereocenters. The molecule has 1 aliphatic rings. The van der Waals surface area contributed by atoms with E-state index in [1.165, 1.54) is 16.4 Å². The Kier molecular flexibility index (Phi) is 7.09. The fraction of sp³-hybridized carbons (Fsp3) is 0.409. The van der Waals surface area contributed by atoms with Gasteiger partial charge in [0.1, 0.15) is 0 Å². The summed E-state index contributed by atoms with van der Waals surface area (Å²) in [4.78, 5) is 13.1. The minimum atomic E-state index is -3.77. The Morgan fingerprint density at radius 1 is 1.06 bits per heavy atom. The van der Waals surface area contributed by atoms with Gasteiger partial charge in [-0.1, -0.05) is 29.8 Å². The van der Waals surface area contributed by atoms with Crippen LogP contribution >= 0.6 is 0 Å². The van der Waals surface area contributed by atoms with Gasteiger partial charge in [-0.15, -0.1) is 0 Å². The van der Waals surface area contributed by atoms with Crippen LogP contribution in [-0.2, 0) is 31.4 Å². The van der Waals surface area contributed by atoms with Crippen molar-refractivity contribution in [2.45, 2.75) is 49.9 Å². The van der Waals surface area contributed by atoms with Crippen molar-refractivity contribution in [1.82, 2.24) is 9.62 Å². The summed E-state index contributed by atoms with van der Waals surface area (Å²) in [5.74, 6) is -0.675. The van der Waals surface area contributed by atoms with Gasteiger partial charge in [0.2, 0.25) is 26.0 Å². The number of piperidine rings is 1. The van der Waals surface area contributed by atoms with E-state index in [0.29, 0.717) is 35.4 Å². The maximum Gasteiger partial charge on any atom is 0.243 e. The second kappa shape index (κ2) is 9.30. The van der Waals surface area contributed by atoms with Gasteiger partial charge in [-0.25, -0.2) is 22.0 Å². The molecule has 0 aromatic heterocycles. The molecule has 1 atom stereocenters. The number of hydrogen-bond acceptors (Lipinski definition) is 5. The lowest BCUT2D eigenvalue weighted by atomic mass is 9.99. The minimum Gasteiger partial charge on any atom is -0.352 e. The zero-order chi connectivity index (χ0) is 23.7. The molecule has 3 rings (SSSR count). The van der Waals surface area contributed by atoms with Gasteiger partial charge in [-0.05, 0) is 62.4 Å². The highest BCUT2D eigenvalue weighted by atomic mass is 32.2. The fourth-order valence-corrected chi connectivity index (χ4v) is 6.66. The molecule has 3 N–H and O–H groups in total. The van der Waals surface area contributed by atoms with E-state index in [9.17, 15) is 21.6 Å². The van der Waals surface area contributed by atoms with Crippen LogP contribution < -0.4 is 10.5 Å². The molecular formula is C22H29N3O5S2. The Morgan fingerprint density at radius 2 is 1.66 bits per heavy atom. The van der Waals surface area contributed by atoms with E-state index in [1.54, 1.807) is 26.0 Å². The molecule has 1 amide bonds. The first-order chi connectivity index (χ1) is 14.9. The van der Waals surface area contributed by atoms with Crippen molar-refractivity contribution in [1.29, 1.82) is 0 Å². The zero-order valence-electron chi connectivity index (χ0n) is 18.5. The molecule has 0 radical (unpaired) electrons. The summed E-state index contributed by atoms with van der Waals surface area (Å²) in [6.45, 7) is 6.24. The van der Waals surface area contributed by atoms with Gasteiger partial charge in [0.25, 0.3) is 0 Å². The summed E-state index contributed by atoms with van der Waals surface area (Å²) in [7, 11) is -7.48. The Balaban J connectivity index is 1.68. The average molecular weight is 480 g/mol. The van der Waals surface area contributed by atoms with Crippen LogP contribution in [0.5, 0.6) is 0 Å². The van der Waals surface area contributed by atoms with Crippen LogP contribution in [0.1, 0.15) is 35.1 Å². The highest BCUT2D eigenvalue weighted by Crippen LogP contribution is 2.29. The van der Waals surface area contributed by atoms with Crippen LogP contribution in [0.3, 0.4) is 0 Å². The number of nitrogens with two attached hydrogens (primary N) is 1. The van der Waals surface area contributed by atoms with E-state index in [2.05, 4.69) is 5.32 Å². The van der Waals surface area contributed by atoms with Gasteiger partial charge in [0.05, 0.1) is 15.7 Å². The molecule has 1 heterocycles. The summed E-state index contributed by atoms with van der Waals surface area (Å²) >= 11 is 0. The third-order valence-corrected chi connectivity index (χ3v) is 8.78. The first kappa shape index (κ1) is 24.4. The number of nitrogens with zero attached hydrogens (tertiary/aromatic N) is 1. The van der Waals surface area contributed by atoms with E-state index >= 15 is 0 Å². The molecule has 2 aromatic carbocycles. The van der Waals surface area contributed by atoms with Gasteiger partial charge in [0.15, 0.2) is 0 Å². The van der Waals surface area contributed by atoms with Crippen LogP contribution in [0.15, 0.2) is 46.2 Å². The van der Waals surface area contributed by atoms with E-state index in [0.717, 1.165) is 11.1 Å². The fourth-order valence-electron chi connectivity index (χ4n) is 4.21. The molecule has 32 heavy (non-hydrogen) atoms. The highest BCUT2D eigenvalue weighted by molar-refractivity contribution is 7.89. The van der Waals surface area contributed by atoms with Gasteiger partial charge in [0, 0.05) is 19.6 Å². The number of aryl methyl sites for hydroxylation is 3. The molecule has 10 heteroatoms. The number of carbonyl (C=O) groups is 1. The summed E-state index contributed by atoms with van der Waals surface area (Å²) in [6, 6.07) is 9.65. The van der Waals surface area contributed by atoms with Crippen molar-refractivity contribution in [3.63, 3.8) is 0 Å². The molecular weight excluding hydrogens is 450 g/mol. The second-order valence-corrected chi connectivity index (χ2v) is 11.8. The number of amides is 1. The minimum absolute atomic E-state index is 0.00222. The molecule has 8 nitrogen and oxygen atoms in total. The summed E-state index contributed by atoms with van der Waals surface area (Å²) in [5, 5.41) is 7.92. The molecule has 2 aromatic rings. The van der Waals surface area contributed by atoms with Crippen molar-refractivity contribution in [2.24, 2.45) is 11.1 Å². The van der Waals surface area contributed by atoms with Crippen LogP contribution in [0.25, 0.3) is 0 Å². The normalized spacial score (nSPS) is 17.8. The number of rotatable bonds is 6. The third kappa shape index (κ3) is 5.37. The third-order valence-electron chi connectivity index (χ3n) is 5.68. The summed E-state index contributed by atoms with van der Waals surface area (Å²) in [6.07, 6.45) is 1.21. The lowest BCUT2D eigenvalue weighted by Crippen LogP contribution is -2.45. The van der Waals surface area contributed by atoms with E-state index in [1.807, 2.05) is 19.1 Å². The van der Waals surface area contributed by atoms with Gasteiger partial charge < -0.3 is 5.32 Å². The molecule has 0 bridgehead atoms. The first-order valence-corrected chi connectivity index (χ1v) is 13.4. The summed E-state index contributed by atoms with van der Waals surface area (Å²) < 4.78 is 50.8. The predicted octanol–water partition coefficient (Wildman–Crippen LogP) is 1.98. The number of benzene rings is 2. The van der Waals surface area contributed by atoms with Crippen molar-refractivity contribution in [3.8, 4) is 0 Å². The molecule has 0 aliphatic carbocycles. The molecule has 174 valence electrons. The molecule has 1 fully saturated rings. The Hall–Kier alpha value is -2.27. The number of hydrogen-bond donors (Lipinski definition) is 2. The van der Waals surface area contributed by atoms with Crippen LogP contribution in [0, 0.1) is 26.7 Å². The quantitative estimate of drug-likeness (QED) is 0.655. The smallest absolute Gasteiger partial charge is 0.243 e. The van der Waals surface area contributed by atoms with Crippen LogP contribution in [-0.4, -0.2) is 40.1 Å². The van der Waals surface area contributed by atoms with Crippen molar-refractivity contribution >= 4 is 26.0 Å². The van der Waals surface area contributed by atoms with Crippen molar-refractivity contribution in [3.05, 3.63) is 58.7 Å². The van der Waals surface area contributed by atoms with Crippen molar-refractivity contribution < 1.29 is 21.6 Å². The number of primary sulfonamides is 1. The molecule has 1 aliphatic heterocycles. The number of sulfonamides is 2. The van der Waals surface area contributed by atoms with Crippen molar-refractivity contribution in [2.75, 3.05) is 13.1 Å².